The summed E-state index contributed by atoms with van der Waals surface area (Å²) in [7, 11) is 1.40. The average Bonchev–Trinajstić information content (AvgIpc) is 3.02. The monoisotopic (exact) mass is 365 g/mol. The molecule has 0 saturated carbocycles. The Labute approximate surface area is 145 Å². The van der Waals surface area contributed by atoms with Crippen molar-refractivity contribution in [2.24, 2.45) is 0 Å². The molecule has 0 unspecified atom stereocenters. The molecule has 9 heteroatoms. The minimum Gasteiger partial charge on any atom is -0.496 e. The number of carbonyl (C=O) groups excluding carboxylic acids is 1. The van der Waals surface area contributed by atoms with Gasteiger partial charge in [-0.3, -0.25) is 10.1 Å². The van der Waals surface area contributed by atoms with Gasteiger partial charge in [0.25, 0.3) is 11.8 Å². The molecule has 1 heterocycles. The molecule has 3 aromatic rings. The lowest BCUT2D eigenvalue weighted by Gasteiger charge is -2.07. The van der Waals surface area contributed by atoms with Gasteiger partial charge in [0.15, 0.2) is 0 Å². The Morgan fingerprint density at radius 3 is 2.72 bits per heavy atom. The number of benzene rings is 2. The van der Waals surface area contributed by atoms with Gasteiger partial charge >= 0.3 is 6.01 Å². The fraction of sp³-hybridized carbons (Fsp3) is 0.0625. The number of nitrogens with zero attached hydrogens (tertiary/aromatic N) is 2. The Bertz CT molecular complexity index is 946. The van der Waals surface area contributed by atoms with Gasteiger partial charge in [-0.25, -0.2) is 8.78 Å². The van der Waals surface area contributed by atoms with E-state index in [1.807, 2.05) is 0 Å². The fourth-order valence-electron chi connectivity index (χ4n) is 2.07. The Kier molecular flexibility index (Phi) is 4.62. The highest BCUT2D eigenvalue weighted by molar-refractivity contribution is 6.31. The van der Waals surface area contributed by atoms with Crippen molar-refractivity contribution in [3.05, 3.63) is 58.6 Å². The zero-order valence-electron chi connectivity index (χ0n) is 12.7. The van der Waals surface area contributed by atoms with Gasteiger partial charge in [0.1, 0.15) is 17.4 Å². The van der Waals surface area contributed by atoms with E-state index in [1.165, 1.54) is 19.2 Å². The number of rotatable bonds is 4. The van der Waals surface area contributed by atoms with E-state index in [9.17, 15) is 13.6 Å². The highest BCUT2D eigenvalue weighted by Gasteiger charge is 2.18. The van der Waals surface area contributed by atoms with Crippen molar-refractivity contribution in [1.29, 1.82) is 0 Å². The van der Waals surface area contributed by atoms with Gasteiger partial charge in [-0.2, -0.15) is 0 Å². The molecule has 0 spiro atoms. The fourth-order valence-corrected chi connectivity index (χ4v) is 2.24. The summed E-state index contributed by atoms with van der Waals surface area (Å²) >= 11 is 5.88. The van der Waals surface area contributed by atoms with Gasteiger partial charge in [0.05, 0.1) is 18.2 Å². The van der Waals surface area contributed by atoms with Crippen molar-refractivity contribution in [1.82, 2.24) is 10.2 Å². The molecule has 0 aliphatic rings. The zero-order chi connectivity index (χ0) is 18.0. The lowest BCUT2D eigenvalue weighted by atomic mass is 10.2. The minimum absolute atomic E-state index is 0.0882. The summed E-state index contributed by atoms with van der Waals surface area (Å²) in [5, 5.41) is 9.95. The highest BCUT2D eigenvalue weighted by atomic mass is 35.5. The summed E-state index contributed by atoms with van der Waals surface area (Å²) in [4.78, 5) is 12.3. The Hall–Kier alpha value is -3.00. The third-order valence-electron chi connectivity index (χ3n) is 3.21. The topological polar surface area (TPSA) is 77.2 Å². The van der Waals surface area contributed by atoms with Crippen molar-refractivity contribution < 1.29 is 22.7 Å². The number of nitrogens with one attached hydrogen (secondary N) is 1. The van der Waals surface area contributed by atoms with Crippen LogP contribution >= 0.6 is 11.6 Å². The second-order valence-electron chi connectivity index (χ2n) is 4.84. The number of amides is 1. The Morgan fingerprint density at radius 2 is 2.00 bits per heavy atom. The first-order valence-electron chi connectivity index (χ1n) is 6.91. The van der Waals surface area contributed by atoms with Gasteiger partial charge in [-0.05, 0) is 30.3 Å². The van der Waals surface area contributed by atoms with Crippen LogP contribution in [0.2, 0.25) is 5.02 Å². The van der Waals surface area contributed by atoms with E-state index < -0.39 is 17.5 Å². The molecule has 0 radical (unpaired) electrons. The molecule has 1 aromatic heterocycles. The van der Waals surface area contributed by atoms with Crippen LogP contribution in [0.3, 0.4) is 0 Å². The normalized spacial score (nSPS) is 10.6. The molecule has 1 N–H and O–H groups in total. The van der Waals surface area contributed by atoms with Crippen LogP contribution in [0.4, 0.5) is 14.8 Å². The molecule has 25 heavy (non-hydrogen) atoms. The number of ether oxygens (including phenoxy) is 1. The first-order chi connectivity index (χ1) is 12.0. The smallest absolute Gasteiger partial charge is 0.322 e. The number of aromatic nitrogens is 2. The maximum atomic E-state index is 13.7. The van der Waals surface area contributed by atoms with Crippen LogP contribution in [0.15, 0.2) is 40.8 Å². The van der Waals surface area contributed by atoms with Crippen molar-refractivity contribution in [2.75, 3.05) is 12.4 Å². The number of halogens is 3. The lowest BCUT2D eigenvalue weighted by molar-refractivity contribution is 0.102. The van der Waals surface area contributed by atoms with E-state index in [4.69, 9.17) is 20.8 Å². The predicted octanol–water partition coefficient (Wildman–Crippen LogP) is 3.93. The Morgan fingerprint density at radius 1 is 1.20 bits per heavy atom. The summed E-state index contributed by atoms with van der Waals surface area (Å²) in [6.45, 7) is 0. The standard InChI is InChI=1S/C16H10ClF2N3O3/c1-24-13-5-2-8(17)6-11(13)14(23)20-16-22-21-15(25-16)10-4-3-9(18)7-12(10)19/h2-7H,1H3,(H,20,22,23). The molecule has 0 fully saturated rings. The van der Waals surface area contributed by atoms with Gasteiger partial charge < -0.3 is 9.15 Å². The molecule has 2 aromatic carbocycles. The number of carbonyl (C=O) groups is 1. The second-order valence-corrected chi connectivity index (χ2v) is 5.27. The van der Waals surface area contributed by atoms with E-state index >= 15 is 0 Å². The minimum atomic E-state index is -0.863. The van der Waals surface area contributed by atoms with Gasteiger partial charge in [0.2, 0.25) is 0 Å². The first-order valence-corrected chi connectivity index (χ1v) is 7.29. The van der Waals surface area contributed by atoms with E-state index in [1.54, 1.807) is 6.07 Å². The molecule has 0 aliphatic carbocycles. The highest BCUT2D eigenvalue weighted by Crippen LogP contribution is 2.26. The lowest BCUT2D eigenvalue weighted by Crippen LogP contribution is -2.13. The molecular formula is C16H10ClF2N3O3. The summed E-state index contributed by atoms with van der Waals surface area (Å²) in [5.41, 5.74) is 0.0671. The van der Waals surface area contributed by atoms with Crippen LogP contribution in [0, 0.1) is 11.6 Å². The van der Waals surface area contributed by atoms with Gasteiger partial charge in [0, 0.05) is 11.1 Å². The van der Waals surface area contributed by atoms with Crippen LogP contribution in [-0.4, -0.2) is 23.2 Å². The quantitative estimate of drug-likeness (QED) is 0.758. The summed E-state index contributed by atoms with van der Waals surface area (Å²) in [6, 6.07) is 7.15. The third kappa shape index (κ3) is 3.58. The average molecular weight is 366 g/mol. The predicted molar refractivity (Wildman–Crippen MR) is 85.6 cm³/mol. The molecule has 3 rings (SSSR count). The molecule has 128 valence electrons. The van der Waals surface area contributed by atoms with Crippen LogP contribution in [0.5, 0.6) is 5.75 Å². The van der Waals surface area contributed by atoms with Crippen molar-refractivity contribution in [3.8, 4) is 17.2 Å². The van der Waals surface area contributed by atoms with Gasteiger partial charge in [-0.1, -0.05) is 16.7 Å². The molecule has 0 atom stereocenters. The van der Waals surface area contributed by atoms with E-state index in [0.29, 0.717) is 16.8 Å². The molecule has 0 aliphatic heterocycles. The maximum absolute atomic E-state index is 13.7. The molecular weight excluding hydrogens is 356 g/mol. The third-order valence-corrected chi connectivity index (χ3v) is 3.45. The van der Waals surface area contributed by atoms with Crippen molar-refractivity contribution >= 4 is 23.5 Å². The number of hydrogen-bond acceptors (Lipinski definition) is 5. The SMILES string of the molecule is COc1ccc(Cl)cc1C(=O)Nc1nnc(-c2ccc(F)cc2F)o1. The van der Waals surface area contributed by atoms with E-state index in [0.717, 1.165) is 12.1 Å². The molecule has 6 nitrogen and oxygen atoms in total. The largest absolute Gasteiger partial charge is 0.496 e. The maximum Gasteiger partial charge on any atom is 0.322 e. The second kappa shape index (κ2) is 6.86. The molecule has 1 amide bonds. The molecule has 0 saturated heterocycles. The number of hydrogen-bond donors (Lipinski definition) is 1. The van der Waals surface area contributed by atoms with Crippen molar-refractivity contribution in [2.45, 2.75) is 0 Å². The zero-order valence-corrected chi connectivity index (χ0v) is 13.5. The van der Waals surface area contributed by atoms with E-state index in [-0.39, 0.29) is 23.0 Å². The summed E-state index contributed by atoms with van der Waals surface area (Å²) in [5.74, 6) is -2.11. The summed E-state index contributed by atoms with van der Waals surface area (Å²) in [6.07, 6.45) is 0. The van der Waals surface area contributed by atoms with Gasteiger partial charge in [-0.15, -0.1) is 5.10 Å². The Balaban J connectivity index is 1.84. The van der Waals surface area contributed by atoms with Crippen LogP contribution in [-0.2, 0) is 0 Å². The van der Waals surface area contributed by atoms with Crippen LogP contribution in [0.1, 0.15) is 10.4 Å². The number of anilines is 1. The summed E-state index contributed by atoms with van der Waals surface area (Å²) < 4.78 is 37.0. The van der Waals surface area contributed by atoms with E-state index in [2.05, 4.69) is 15.5 Å². The van der Waals surface area contributed by atoms with Crippen molar-refractivity contribution in [3.63, 3.8) is 0 Å². The number of methoxy groups -OCH3 is 1. The molecule has 0 bridgehead atoms. The van der Waals surface area contributed by atoms with Crippen LogP contribution in [0.25, 0.3) is 11.5 Å². The van der Waals surface area contributed by atoms with Crippen LogP contribution < -0.4 is 10.1 Å². The first kappa shape index (κ1) is 16.8.